The van der Waals surface area contributed by atoms with Crippen LogP contribution in [-0.4, -0.2) is 31.9 Å². The summed E-state index contributed by atoms with van der Waals surface area (Å²) in [7, 11) is 0. The van der Waals surface area contributed by atoms with Gasteiger partial charge in [-0.25, -0.2) is 22.5 Å². The average molecular weight is 478 g/mol. The zero-order valence-corrected chi connectivity index (χ0v) is 16.7. The van der Waals surface area contributed by atoms with E-state index in [2.05, 4.69) is 30.6 Å². The van der Waals surface area contributed by atoms with Crippen LogP contribution in [0, 0.1) is 11.6 Å². The summed E-state index contributed by atoms with van der Waals surface area (Å²) in [6.07, 6.45) is -5.36. The Kier molecular flexibility index (Phi) is 5.65. The zero-order chi connectivity index (χ0) is 23.1. The summed E-state index contributed by atoms with van der Waals surface area (Å²) in [6, 6.07) is 1.86. The smallest absolute Gasteiger partial charge is 0.351 e. The minimum absolute atomic E-state index is 0.0758. The molecule has 3 aromatic rings. The normalized spacial score (nSPS) is 18.0. The lowest BCUT2D eigenvalue weighted by atomic mass is 10.2. The van der Waals surface area contributed by atoms with Crippen molar-refractivity contribution in [1.82, 2.24) is 19.9 Å². The Hall–Kier alpha value is -3.03. The summed E-state index contributed by atoms with van der Waals surface area (Å²) in [5.41, 5.74) is -1.22. The number of benzene rings is 1. The highest BCUT2D eigenvalue weighted by molar-refractivity contribution is 7.13. The van der Waals surface area contributed by atoms with Crippen LogP contribution in [0.1, 0.15) is 25.0 Å². The highest BCUT2D eigenvalue weighted by Gasteiger charge is 2.40. The molecular formula is C18H13F7N6S. The van der Waals surface area contributed by atoms with Gasteiger partial charge in [0.1, 0.15) is 11.6 Å². The highest BCUT2D eigenvalue weighted by Crippen LogP contribution is 2.37. The van der Waals surface area contributed by atoms with Crippen molar-refractivity contribution in [3.8, 4) is 10.8 Å². The van der Waals surface area contributed by atoms with Crippen LogP contribution >= 0.6 is 11.3 Å². The maximum atomic E-state index is 13.5. The lowest BCUT2D eigenvalue weighted by molar-refractivity contribution is -0.140. The molecule has 0 saturated heterocycles. The van der Waals surface area contributed by atoms with Crippen LogP contribution in [0.15, 0.2) is 23.6 Å². The van der Waals surface area contributed by atoms with Crippen molar-refractivity contribution in [2.45, 2.75) is 37.4 Å². The van der Waals surface area contributed by atoms with Gasteiger partial charge in [0.05, 0.1) is 0 Å². The quantitative estimate of drug-likeness (QED) is 0.463. The van der Waals surface area contributed by atoms with Crippen LogP contribution < -0.4 is 10.6 Å². The summed E-state index contributed by atoms with van der Waals surface area (Å²) in [4.78, 5) is 15.4. The van der Waals surface area contributed by atoms with Crippen LogP contribution in [-0.2, 0) is 6.18 Å². The maximum absolute atomic E-state index is 13.5. The molecule has 4 rings (SSSR count). The van der Waals surface area contributed by atoms with E-state index in [1.165, 1.54) is 0 Å². The van der Waals surface area contributed by atoms with Crippen LogP contribution in [0.5, 0.6) is 0 Å². The summed E-state index contributed by atoms with van der Waals surface area (Å²) in [5.74, 6) is -5.36. The average Bonchev–Trinajstić information content (AvgIpc) is 3.27. The van der Waals surface area contributed by atoms with Crippen LogP contribution in [0.4, 0.5) is 48.3 Å². The molecule has 2 heterocycles. The van der Waals surface area contributed by atoms with Crippen molar-refractivity contribution >= 4 is 28.9 Å². The Balaban J connectivity index is 1.68. The summed E-state index contributed by atoms with van der Waals surface area (Å²) in [6.45, 7) is 0. The molecule has 0 bridgehead atoms. The third kappa shape index (κ3) is 5.23. The van der Waals surface area contributed by atoms with Gasteiger partial charge in [-0.1, -0.05) is 0 Å². The van der Waals surface area contributed by atoms with Gasteiger partial charge in [0.15, 0.2) is 16.5 Å². The largest absolute Gasteiger partial charge is 0.434 e. The van der Waals surface area contributed by atoms with Gasteiger partial charge in [0.2, 0.25) is 17.8 Å². The van der Waals surface area contributed by atoms with E-state index in [1.807, 2.05) is 0 Å². The molecule has 170 valence electrons. The molecule has 14 heteroatoms. The lowest BCUT2D eigenvalue weighted by Gasteiger charge is -2.14. The first-order valence-electron chi connectivity index (χ1n) is 9.13. The molecule has 1 aromatic carbocycles. The number of halogens is 7. The predicted octanol–water partition coefficient (Wildman–Crippen LogP) is 5.64. The minimum Gasteiger partial charge on any atom is -0.351 e. The van der Waals surface area contributed by atoms with E-state index in [9.17, 15) is 30.7 Å². The molecule has 1 saturated carbocycles. The maximum Gasteiger partial charge on any atom is 0.434 e. The lowest BCUT2D eigenvalue weighted by Crippen LogP contribution is -2.21. The van der Waals surface area contributed by atoms with Gasteiger partial charge in [0, 0.05) is 36.0 Å². The van der Waals surface area contributed by atoms with E-state index in [0.29, 0.717) is 17.4 Å². The fraction of sp³-hybridized carbons (Fsp3) is 0.333. The molecule has 1 aliphatic rings. The van der Waals surface area contributed by atoms with Crippen LogP contribution in [0.2, 0.25) is 0 Å². The first kappa shape index (κ1) is 22.2. The van der Waals surface area contributed by atoms with E-state index >= 15 is 0 Å². The molecule has 1 aliphatic carbocycles. The van der Waals surface area contributed by atoms with Crippen molar-refractivity contribution in [2.24, 2.45) is 0 Å². The first-order chi connectivity index (χ1) is 15.0. The minimum atomic E-state index is -4.68. The second-order valence-corrected chi connectivity index (χ2v) is 7.92. The third-order valence-electron chi connectivity index (χ3n) is 4.48. The van der Waals surface area contributed by atoms with Crippen LogP contribution in [0.3, 0.4) is 0 Å². The number of nitrogens with zero attached hydrogens (tertiary/aromatic N) is 4. The Labute approximate surface area is 180 Å². The van der Waals surface area contributed by atoms with Gasteiger partial charge in [-0.3, -0.25) is 0 Å². The molecule has 1 atom stereocenters. The summed E-state index contributed by atoms with van der Waals surface area (Å²) in [5, 5.41) is 5.83. The molecule has 2 aromatic heterocycles. The number of rotatable bonds is 5. The van der Waals surface area contributed by atoms with Gasteiger partial charge >= 0.3 is 6.18 Å². The summed E-state index contributed by atoms with van der Waals surface area (Å²) >= 11 is 0.621. The van der Waals surface area contributed by atoms with Gasteiger partial charge in [-0.05, 0) is 18.6 Å². The number of hydrogen-bond donors (Lipinski definition) is 2. The highest BCUT2D eigenvalue weighted by atomic mass is 32.1. The van der Waals surface area contributed by atoms with Gasteiger partial charge in [-0.2, -0.15) is 28.1 Å². The molecule has 0 aliphatic heterocycles. The fourth-order valence-electron chi connectivity index (χ4n) is 3.11. The Morgan fingerprint density at radius 3 is 2.25 bits per heavy atom. The SMILES string of the molecule is Fc1cc(F)cc(Nc2nc(NC3CCC(F)(F)C3)nc(-c3nc(C(F)(F)F)cs3)n2)c1. The van der Waals surface area contributed by atoms with Gasteiger partial charge in [0.25, 0.3) is 0 Å². The number of nitrogens with one attached hydrogen (secondary N) is 2. The number of anilines is 3. The molecule has 0 radical (unpaired) electrons. The molecule has 32 heavy (non-hydrogen) atoms. The van der Waals surface area contributed by atoms with Gasteiger partial charge in [-0.15, -0.1) is 11.3 Å². The molecular weight excluding hydrogens is 465 g/mol. The second kappa shape index (κ2) is 8.15. The predicted molar refractivity (Wildman–Crippen MR) is 102 cm³/mol. The number of aromatic nitrogens is 4. The van der Waals surface area contributed by atoms with Crippen molar-refractivity contribution < 1.29 is 30.7 Å². The summed E-state index contributed by atoms with van der Waals surface area (Å²) < 4.78 is 92.7. The number of hydrogen-bond acceptors (Lipinski definition) is 7. The van der Waals surface area contributed by atoms with Gasteiger partial charge < -0.3 is 10.6 Å². The Bertz CT molecular complexity index is 1110. The van der Waals surface area contributed by atoms with Crippen LogP contribution in [0.25, 0.3) is 10.8 Å². The molecule has 1 unspecified atom stereocenters. The molecule has 0 amide bonds. The number of thiazole rings is 1. The van der Waals surface area contributed by atoms with E-state index in [-0.39, 0.29) is 41.3 Å². The van der Waals surface area contributed by atoms with E-state index in [1.54, 1.807) is 0 Å². The zero-order valence-electron chi connectivity index (χ0n) is 15.9. The van der Waals surface area contributed by atoms with Crippen molar-refractivity contribution in [2.75, 3.05) is 10.6 Å². The molecule has 2 N–H and O–H groups in total. The molecule has 0 spiro atoms. The number of alkyl halides is 5. The van der Waals surface area contributed by atoms with E-state index < -0.39 is 41.9 Å². The first-order valence-corrected chi connectivity index (χ1v) is 10.0. The van der Waals surface area contributed by atoms with E-state index in [0.717, 1.165) is 17.5 Å². The Morgan fingerprint density at radius 1 is 0.969 bits per heavy atom. The molecule has 1 fully saturated rings. The van der Waals surface area contributed by atoms with Crippen molar-refractivity contribution in [1.29, 1.82) is 0 Å². The standard InChI is InChI=1S/C18H13F7N6S/c19-8-3-9(20)5-11(4-8)27-16-30-13(14-28-12(7-32-14)18(23,24)25)29-15(31-16)26-10-1-2-17(21,22)6-10/h3-5,7,10H,1-2,6H2,(H2,26,27,29,30,31). The third-order valence-corrected chi connectivity index (χ3v) is 5.32. The fourth-order valence-corrected chi connectivity index (χ4v) is 3.87. The topological polar surface area (TPSA) is 75.6 Å². The second-order valence-electron chi connectivity index (χ2n) is 7.07. The van der Waals surface area contributed by atoms with Crippen molar-refractivity contribution in [3.63, 3.8) is 0 Å². The Morgan fingerprint density at radius 2 is 1.66 bits per heavy atom. The van der Waals surface area contributed by atoms with Crippen molar-refractivity contribution in [3.05, 3.63) is 40.9 Å². The molecule has 6 nitrogen and oxygen atoms in total. The van der Waals surface area contributed by atoms with E-state index in [4.69, 9.17) is 0 Å². The monoisotopic (exact) mass is 478 g/mol.